The molecule has 0 saturated heterocycles. The van der Waals surface area contributed by atoms with Crippen molar-refractivity contribution in [1.82, 2.24) is 10.1 Å². The summed E-state index contributed by atoms with van der Waals surface area (Å²) in [5, 5.41) is 8.40. The quantitative estimate of drug-likeness (QED) is 0.716. The zero-order valence-corrected chi connectivity index (χ0v) is 13.5. The topological polar surface area (TPSA) is 94.3 Å². The predicted octanol–water partition coefficient (Wildman–Crippen LogP) is 2.90. The highest BCUT2D eigenvalue weighted by molar-refractivity contribution is 7.13. The first-order valence-electron chi connectivity index (χ1n) is 7.03. The lowest BCUT2D eigenvalue weighted by Gasteiger charge is -2.02. The number of carbonyl (C=O) groups excluding carboxylic acids is 2. The van der Waals surface area contributed by atoms with Crippen LogP contribution in [-0.2, 0) is 9.53 Å². The van der Waals surface area contributed by atoms with Gasteiger partial charge in [-0.25, -0.2) is 9.78 Å². The van der Waals surface area contributed by atoms with E-state index in [2.05, 4.69) is 15.5 Å². The van der Waals surface area contributed by atoms with Gasteiger partial charge in [-0.2, -0.15) is 0 Å². The Morgan fingerprint density at radius 2 is 2.08 bits per heavy atom. The number of ether oxygens (including phenoxy) is 1. The molecule has 1 amide bonds. The summed E-state index contributed by atoms with van der Waals surface area (Å²) in [5.74, 6) is -0.318. The average Bonchev–Trinajstić information content (AvgIpc) is 3.23. The zero-order valence-electron chi connectivity index (χ0n) is 12.7. The van der Waals surface area contributed by atoms with Crippen molar-refractivity contribution in [3.05, 3.63) is 53.2 Å². The number of hydrogen-bond acceptors (Lipinski definition) is 7. The number of hydrogen-bond donors (Lipinski definition) is 1. The first-order chi connectivity index (χ1) is 11.6. The molecule has 0 atom stereocenters. The predicted molar refractivity (Wildman–Crippen MR) is 87.7 cm³/mol. The Morgan fingerprint density at radius 1 is 1.29 bits per heavy atom. The second kappa shape index (κ2) is 7.05. The van der Waals surface area contributed by atoms with E-state index in [1.807, 2.05) is 30.3 Å². The van der Waals surface area contributed by atoms with Crippen LogP contribution in [-0.4, -0.2) is 28.6 Å². The maximum absolute atomic E-state index is 12.0. The van der Waals surface area contributed by atoms with E-state index in [0.29, 0.717) is 10.8 Å². The molecule has 0 bridgehead atoms. The number of thiazole rings is 1. The molecule has 1 N–H and O–H groups in total. The van der Waals surface area contributed by atoms with Crippen LogP contribution in [0, 0.1) is 6.92 Å². The Balaban J connectivity index is 1.55. The minimum atomic E-state index is -0.653. The first-order valence-corrected chi connectivity index (χ1v) is 7.91. The fraction of sp³-hybridized carbons (Fsp3) is 0.125. The third-order valence-electron chi connectivity index (χ3n) is 2.96. The van der Waals surface area contributed by atoms with Crippen molar-refractivity contribution in [3.8, 4) is 10.6 Å². The monoisotopic (exact) mass is 343 g/mol. The molecule has 2 heterocycles. The molecular formula is C16H13N3O4S. The van der Waals surface area contributed by atoms with Crippen LogP contribution in [0.2, 0.25) is 0 Å². The van der Waals surface area contributed by atoms with Crippen LogP contribution in [0.5, 0.6) is 0 Å². The van der Waals surface area contributed by atoms with Crippen molar-refractivity contribution in [2.45, 2.75) is 6.92 Å². The van der Waals surface area contributed by atoms with Crippen LogP contribution >= 0.6 is 11.3 Å². The SMILES string of the molecule is Cc1cc(NC(=O)COC(=O)c2csc(-c3ccccc3)n2)no1. The van der Waals surface area contributed by atoms with Crippen LogP contribution in [0.25, 0.3) is 10.6 Å². The molecule has 0 radical (unpaired) electrons. The van der Waals surface area contributed by atoms with Gasteiger partial charge in [0.05, 0.1) is 0 Å². The van der Waals surface area contributed by atoms with Crippen LogP contribution in [0.1, 0.15) is 16.2 Å². The molecule has 3 rings (SSSR count). The summed E-state index contributed by atoms with van der Waals surface area (Å²) in [5.41, 5.74) is 1.09. The Hall–Kier alpha value is -3.00. The summed E-state index contributed by atoms with van der Waals surface area (Å²) in [7, 11) is 0. The summed E-state index contributed by atoms with van der Waals surface area (Å²) in [6, 6.07) is 11.1. The largest absolute Gasteiger partial charge is 0.451 e. The molecule has 3 aromatic rings. The van der Waals surface area contributed by atoms with Crippen LogP contribution in [0.3, 0.4) is 0 Å². The van der Waals surface area contributed by atoms with Gasteiger partial charge < -0.3 is 14.6 Å². The summed E-state index contributed by atoms with van der Waals surface area (Å²) in [4.78, 5) is 27.9. The number of benzene rings is 1. The maximum Gasteiger partial charge on any atom is 0.358 e. The molecular weight excluding hydrogens is 330 g/mol. The smallest absolute Gasteiger partial charge is 0.358 e. The molecule has 0 aliphatic carbocycles. The van der Waals surface area contributed by atoms with Gasteiger partial charge >= 0.3 is 5.97 Å². The van der Waals surface area contributed by atoms with Gasteiger partial charge in [0, 0.05) is 17.0 Å². The number of aryl methyl sites for hydroxylation is 1. The van der Waals surface area contributed by atoms with Crippen molar-refractivity contribution in [2.24, 2.45) is 0 Å². The highest BCUT2D eigenvalue weighted by Gasteiger charge is 2.15. The van der Waals surface area contributed by atoms with Crippen LogP contribution in [0.15, 0.2) is 46.3 Å². The van der Waals surface area contributed by atoms with E-state index in [4.69, 9.17) is 9.26 Å². The Bertz CT molecular complexity index is 857. The van der Waals surface area contributed by atoms with E-state index in [1.165, 1.54) is 11.3 Å². The van der Waals surface area contributed by atoms with Crippen LogP contribution < -0.4 is 5.32 Å². The molecule has 8 heteroatoms. The average molecular weight is 343 g/mol. The van der Waals surface area contributed by atoms with Crippen molar-refractivity contribution < 1.29 is 18.8 Å². The summed E-state index contributed by atoms with van der Waals surface area (Å²) < 4.78 is 9.78. The molecule has 7 nitrogen and oxygen atoms in total. The molecule has 0 unspecified atom stereocenters. The van der Waals surface area contributed by atoms with E-state index in [1.54, 1.807) is 18.4 Å². The number of nitrogens with zero attached hydrogens (tertiary/aromatic N) is 2. The Morgan fingerprint density at radius 3 is 2.79 bits per heavy atom. The Kier molecular flexibility index (Phi) is 4.66. The molecule has 0 fully saturated rings. The minimum absolute atomic E-state index is 0.170. The molecule has 2 aromatic heterocycles. The lowest BCUT2D eigenvalue weighted by molar-refractivity contribution is -0.119. The summed E-state index contributed by atoms with van der Waals surface area (Å²) in [6.07, 6.45) is 0. The number of carbonyl (C=O) groups is 2. The number of rotatable bonds is 5. The lowest BCUT2D eigenvalue weighted by atomic mass is 10.2. The number of amides is 1. The molecule has 24 heavy (non-hydrogen) atoms. The van der Waals surface area contributed by atoms with Gasteiger partial charge in [-0.3, -0.25) is 4.79 Å². The number of aromatic nitrogens is 2. The minimum Gasteiger partial charge on any atom is -0.451 e. The second-order valence-electron chi connectivity index (χ2n) is 4.85. The van der Waals surface area contributed by atoms with E-state index in [-0.39, 0.29) is 11.5 Å². The van der Waals surface area contributed by atoms with E-state index < -0.39 is 18.5 Å². The molecule has 0 aliphatic heterocycles. The second-order valence-corrected chi connectivity index (χ2v) is 5.71. The van der Waals surface area contributed by atoms with Crippen LogP contribution in [0.4, 0.5) is 5.82 Å². The lowest BCUT2D eigenvalue weighted by Crippen LogP contribution is -2.21. The fourth-order valence-corrected chi connectivity index (χ4v) is 2.69. The Labute approximate surface area is 141 Å². The van der Waals surface area contributed by atoms with E-state index in [9.17, 15) is 9.59 Å². The van der Waals surface area contributed by atoms with Crippen molar-refractivity contribution in [2.75, 3.05) is 11.9 Å². The first kappa shape index (κ1) is 15.9. The standard InChI is InChI=1S/C16H13N3O4S/c1-10-7-13(19-23-10)18-14(20)8-22-16(21)12-9-24-15(17-12)11-5-3-2-4-6-11/h2-7,9H,8H2,1H3,(H,18,19,20). The van der Waals surface area contributed by atoms with Gasteiger partial charge in [-0.05, 0) is 6.92 Å². The van der Waals surface area contributed by atoms with Gasteiger partial charge in [-0.15, -0.1) is 11.3 Å². The van der Waals surface area contributed by atoms with Crippen molar-refractivity contribution >= 4 is 29.0 Å². The van der Waals surface area contributed by atoms with Gasteiger partial charge in [0.15, 0.2) is 18.1 Å². The molecule has 122 valence electrons. The van der Waals surface area contributed by atoms with E-state index in [0.717, 1.165) is 5.56 Å². The summed E-state index contributed by atoms with van der Waals surface area (Å²) in [6.45, 7) is 1.28. The third-order valence-corrected chi connectivity index (χ3v) is 3.86. The number of nitrogens with one attached hydrogen (secondary N) is 1. The van der Waals surface area contributed by atoms with Crippen molar-refractivity contribution in [1.29, 1.82) is 0 Å². The normalized spacial score (nSPS) is 10.4. The highest BCUT2D eigenvalue weighted by atomic mass is 32.1. The third kappa shape index (κ3) is 3.85. The van der Waals surface area contributed by atoms with E-state index >= 15 is 0 Å². The number of esters is 1. The number of anilines is 1. The van der Waals surface area contributed by atoms with Gasteiger partial charge in [0.25, 0.3) is 5.91 Å². The fourth-order valence-electron chi connectivity index (χ4n) is 1.89. The van der Waals surface area contributed by atoms with Gasteiger partial charge in [0.1, 0.15) is 10.8 Å². The molecule has 1 aromatic carbocycles. The van der Waals surface area contributed by atoms with Gasteiger partial charge in [0.2, 0.25) is 0 Å². The van der Waals surface area contributed by atoms with Gasteiger partial charge in [-0.1, -0.05) is 35.5 Å². The molecule has 0 spiro atoms. The molecule has 0 aliphatic rings. The zero-order chi connectivity index (χ0) is 16.9. The summed E-state index contributed by atoms with van der Waals surface area (Å²) >= 11 is 1.34. The maximum atomic E-state index is 12.0. The molecule has 0 saturated carbocycles. The van der Waals surface area contributed by atoms with Crippen molar-refractivity contribution in [3.63, 3.8) is 0 Å². The highest BCUT2D eigenvalue weighted by Crippen LogP contribution is 2.23.